The van der Waals surface area contributed by atoms with E-state index in [4.69, 9.17) is 5.73 Å². The van der Waals surface area contributed by atoms with Crippen LogP contribution in [0.1, 0.15) is 25.3 Å². The van der Waals surface area contributed by atoms with Gasteiger partial charge in [0.15, 0.2) is 0 Å². The van der Waals surface area contributed by atoms with Crippen LogP contribution in [0.5, 0.6) is 0 Å². The van der Waals surface area contributed by atoms with E-state index in [1.807, 2.05) is 6.92 Å². The zero-order chi connectivity index (χ0) is 14.3. The van der Waals surface area contributed by atoms with Crippen LogP contribution in [0, 0.1) is 11.8 Å². The predicted molar refractivity (Wildman–Crippen MR) is 84.2 cm³/mol. The molecule has 1 aliphatic heterocycles. The molecule has 1 unspecified atom stereocenters. The molecule has 0 amide bonds. The first-order chi connectivity index (χ1) is 9.78. The topological polar surface area (TPSA) is 41.3 Å². The van der Waals surface area contributed by atoms with Crippen LogP contribution in [-0.4, -0.2) is 36.6 Å². The highest BCUT2D eigenvalue weighted by molar-refractivity contribution is 5.15. The van der Waals surface area contributed by atoms with E-state index in [1.165, 1.54) is 5.56 Å². The highest BCUT2D eigenvalue weighted by Gasteiger charge is 2.36. The van der Waals surface area contributed by atoms with E-state index in [9.17, 15) is 0 Å². The summed E-state index contributed by atoms with van der Waals surface area (Å²) in [6.45, 7) is 6.65. The molecule has 1 fully saturated rings. The van der Waals surface area contributed by atoms with Crippen LogP contribution in [0.2, 0.25) is 0 Å². The molecule has 108 valence electrons. The van der Waals surface area contributed by atoms with Crippen molar-refractivity contribution in [2.24, 2.45) is 5.73 Å². The summed E-state index contributed by atoms with van der Waals surface area (Å²) < 4.78 is 0. The first-order valence-electron chi connectivity index (χ1n) is 7.39. The number of likely N-dealkylation sites (tertiary alicyclic amines) is 1. The van der Waals surface area contributed by atoms with E-state index in [-0.39, 0.29) is 5.54 Å². The lowest BCUT2D eigenvalue weighted by Crippen LogP contribution is -2.53. The van der Waals surface area contributed by atoms with Crippen molar-refractivity contribution in [2.75, 3.05) is 26.2 Å². The van der Waals surface area contributed by atoms with Crippen molar-refractivity contribution in [3.8, 4) is 11.8 Å². The van der Waals surface area contributed by atoms with Crippen LogP contribution >= 0.6 is 0 Å². The summed E-state index contributed by atoms with van der Waals surface area (Å²) in [6.07, 6.45) is 2.02. The maximum Gasteiger partial charge on any atom is 0.0445 e. The Morgan fingerprint density at radius 3 is 2.85 bits per heavy atom. The fourth-order valence-electron chi connectivity index (χ4n) is 2.83. The van der Waals surface area contributed by atoms with Crippen LogP contribution in [0.3, 0.4) is 0 Å². The molecule has 1 aromatic rings. The van der Waals surface area contributed by atoms with Gasteiger partial charge in [0.1, 0.15) is 0 Å². The lowest BCUT2D eigenvalue weighted by Gasteiger charge is -2.29. The van der Waals surface area contributed by atoms with Gasteiger partial charge in [-0.2, -0.15) is 0 Å². The van der Waals surface area contributed by atoms with Crippen molar-refractivity contribution >= 4 is 0 Å². The largest absolute Gasteiger partial charge is 0.329 e. The smallest absolute Gasteiger partial charge is 0.0445 e. The van der Waals surface area contributed by atoms with Crippen LogP contribution in [0.15, 0.2) is 30.3 Å². The Morgan fingerprint density at radius 1 is 1.35 bits per heavy atom. The van der Waals surface area contributed by atoms with Gasteiger partial charge in [-0.15, -0.1) is 11.8 Å². The molecular formula is C17H25N3. The van der Waals surface area contributed by atoms with Gasteiger partial charge >= 0.3 is 0 Å². The molecule has 1 aliphatic rings. The molecule has 2 rings (SSSR count). The van der Waals surface area contributed by atoms with Crippen molar-refractivity contribution in [1.82, 2.24) is 10.2 Å². The summed E-state index contributed by atoms with van der Waals surface area (Å²) in [4.78, 5) is 2.49. The van der Waals surface area contributed by atoms with Gasteiger partial charge in [-0.1, -0.05) is 30.3 Å². The second-order valence-corrected chi connectivity index (χ2v) is 5.53. The normalized spacial score (nSPS) is 22.5. The van der Waals surface area contributed by atoms with Crippen LogP contribution in [0.4, 0.5) is 0 Å². The van der Waals surface area contributed by atoms with E-state index in [0.717, 1.165) is 39.0 Å². The number of nitrogens with one attached hydrogen (secondary N) is 1. The molecule has 3 heteroatoms. The lowest BCUT2D eigenvalue weighted by molar-refractivity contribution is 0.279. The molecular weight excluding hydrogens is 246 g/mol. The number of rotatable bonds is 6. The summed E-state index contributed by atoms with van der Waals surface area (Å²) in [5.74, 6) is 6.03. The Hall–Kier alpha value is -1.34. The zero-order valence-corrected chi connectivity index (χ0v) is 12.4. The first-order valence-corrected chi connectivity index (χ1v) is 7.39. The summed E-state index contributed by atoms with van der Waals surface area (Å²) in [6, 6.07) is 10.6. The molecule has 1 heterocycles. The second-order valence-electron chi connectivity index (χ2n) is 5.53. The molecule has 1 aromatic carbocycles. The minimum absolute atomic E-state index is 0.0736. The Morgan fingerprint density at radius 2 is 2.15 bits per heavy atom. The molecule has 20 heavy (non-hydrogen) atoms. The minimum Gasteiger partial charge on any atom is -0.329 e. The molecule has 1 atom stereocenters. The number of nitrogens with zero attached hydrogens (tertiary/aromatic N) is 1. The summed E-state index contributed by atoms with van der Waals surface area (Å²) in [7, 11) is 0. The maximum atomic E-state index is 6.01. The van der Waals surface area contributed by atoms with E-state index < -0.39 is 0 Å². The van der Waals surface area contributed by atoms with E-state index in [0.29, 0.717) is 6.54 Å². The van der Waals surface area contributed by atoms with Gasteiger partial charge in [0.2, 0.25) is 0 Å². The van der Waals surface area contributed by atoms with Gasteiger partial charge in [-0.05, 0) is 18.9 Å². The number of benzene rings is 1. The quantitative estimate of drug-likeness (QED) is 0.610. The second kappa shape index (κ2) is 7.44. The molecule has 3 nitrogen and oxygen atoms in total. The Bertz CT molecular complexity index is 460. The molecule has 0 bridgehead atoms. The molecule has 0 radical (unpaired) electrons. The maximum absolute atomic E-state index is 6.01. The zero-order valence-electron chi connectivity index (χ0n) is 12.4. The van der Waals surface area contributed by atoms with Crippen molar-refractivity contribution in [3.63, 3.8) is 0 Å². The summed E-state index contributed by atoms with van der Waals surface area (Å²) in [5, 5.41) is 3.63. The Labute approximate surface area is 122 Å². The van der Waals surface area contributed by atoms with Crippen molar-refractivity contribution in [1.29, 1.82) is 0 Å². The van der Waals surface area contributed by atoms with Gasteiger partial charge in [-0.3, -0.25) is 4.90 Å². The van der Waals surface area contributed by atoms with Gasteiger partial charge in [0, 0.05) is 44.7 Å². The number of nitrogens with two attached hydrogens (primary N) is 1. The standard InChI is InChI=1S/C17H25N3/c1-2-3-7-11-19-17(14-18)10-12-20(15-17)13-16-8-5-4-6-9-16/h4-6,8-9,19H,7,10-15,18H2,1H3. The molecule has 1 saturated heterocycles. The molecule has 0 saturated carbocycles. The monoisotopic (exact) mass is 271 g/mol. The highest BCUT2D eigenvalue weighted by Crippen LogP contribution is 2.22. The third kappa shape index (κ3) is 4.08. The fraction of sp³-hybridized carbons (Fsp3) is 0.529. The average molecular weight is 271 g/mol. The average Bonchev–Trinajstić information content (AvgIpc) is 2.89. The SMILES string of the molecule is CC#CCCNC1(CN)CCN(Cc2ccccc2)C1. The van der Waals surface area contributed by atoms with E-state index >= 15 is 0 Å². The Balaban J connectivity index is 1.86. The van der Waals surface area contributed by atoms with Crippen molar-refractivity contribution in [2.45, 2.75) is 31.8 Å². The van der Waals surface area contributed by atoms with Gasteiger partial charge in [0.05, 0.1) is 0 Å². The summed E-state index contributed by atoms with van der Waals surface area (Å²) in [5.41, 5.74) is 7.46. The van der Waals surface area contributed by atoms with E-state index in [1.54, 1.807) is 0 Å². The molecule has 3 N–H and O–H groups in total. The van der Waals surface area contributed by atoms with E-state index in [2.05, 4.69) is 52.4 Å². The molecule has 0 aliphatic carbocycles. The number of hydrogen-bond donors (Lipinski definition) is 2. The molecule has 0 aromatic heterocycles. The number of hydrogen-bond acceptors (Lipinski definition) is 3. The molecule has 0 spiro atoms. The lowest BCUT2D eigenvalue weighted by atomic mass is 9.99. The third-order valence-corrected chi connectivity index (χ3v) is 4.00. The first kappa shape index (κ1) is 15.1. The third-order valence-electron chi connectivity index (χ3n) is 4.00. The highest BCUT2D eigenvalue weighted by atomic mass is 15.2. The predicted octanol–water partition coefficient (Wildman–Crippen LogP) is 1.59. The van der Waals surface area contributed by atoms with Gasteiger partial charge < -0.3 is 11.1 Å². The Kier molecular flexibility index (Phi) is 5.60. The van der Waals surface area contributed by atoms with Gasteiger partial charge in [0.25, 0.3) is 0 Å². The van der Waals surface area contributed by atoms with Gasteiger partial charge in [-0.25, -0.2) is 0 Å². The van der Waals surface area contributed by atoms with Crippen LogP contribution in [-0.2, 0) is 6.54 Å². The summed E-state index contributed by atoms with van der Waals surface area (Å²) >= 11 is 0. The van der Waals surface area contributed by atoms with Crippen molar-refractivity contribution < 1.29 is 0 Å². The van der Waals surface area contributed by atoms with Crippen LogP contribution in [0.25, 0.3) is 0 Å². The van der Waals surface area contributed by atoms with Crippen LogP contribution < -0.4 is 11.1 Å². The minimum atomic E-state index is 0.0736. The fourth-order valence-corrected chi connectivity index (χ4v) is 2.83. The van der Waals surface area contributed by atoms with Crippen molar-refractivity contribution in [3.05, 3.63) is 35.9 Å².